The summed E-state index contributed by atoms with van der Waals surface area (Å²) in [5.41, 5.74) is 3.76. The molecule has 2 nitrogen and oxygen atoms in total. The average Bonchev–Trinajstić information content (AvgIpc) is 2.40. The first kappa shape index (κ1) is 9.38. The van der Waals surface area contributed by atoms with Crippen molar-refractivity contribution in [3.63, 3.8) is 0 Å². The van der Waals surface area contributed by atoms with Crippen LogP contribution in [0.25, 0.3) is 0 Å². The Morgan fingerprint density at radius 3 is 3.14 bits per heavy atom. The molecule has 0 saturated heterocycles. The van der Waals surface area contributed by atoms with E-state index in [4.69, 9.17) is 0 Å². The summed E-state index contributed by atoms with van der Waals surface area (Å²) in [5, 5.41) is 0. The van der Waals surface area contributed by atoms with E-state index >= 15 is 0 Å². The molecule has 0 saturated carbocycles. The van der Waals surface area contributed by atoms with E-state index in [0.29, 0.717) is 5.92 Å². The Balaban J connectivity index is 2.36. The van der Waals surface area contributed by atoms with Crippen LogP contribution in [0, 0.1) is 12.8 Å². The molecule has 1 aliphatic carbocycles. The van der Waals surface area contributed by atoms with Gasteiger partial charge in [-0.2, -0.15) is 0 Å². The van der Waals surface area contributed by atoms with Crippen LogP contribution in [0.5, 0.6) is 0 Å². The van der Waals surface area contributed by atoms with Gasteiger partial charge in [-0.3, -0.25) is 0 Å². The zero-order chi connectivity index (χ0) is 9.97. The van der Waals surface area contributed by atoms with Crippen LogP contribution in [0.1, 0.15) is 29.8 Å². The van der Waals surface area contributed by atoms with Crippen molar-refractivity contribution in [2.45, 2.75) is 32.6 Å². The summed E-state index contributed by atoms with van der Waals surface area (Å²) < 4.78 is 0. The van der Waals surface area contributed by atoms with Crippen molar-refractivity contribution in [1.29, 1.82) is 0 Å². The summed E-state index contributed by atoms with van der Waals surface area (Å²) in [7, 11) is 0. The molecule has 14 heavy (non-hydrogen) atoms. The number of aromatic nitrogens is 2. The zero-order valence-corrected chi connectivity index (χ0v) is 8.66. The maximum atomic E-state index is 4.38. The SMILES string of the molecule is C=C[C@H]1CCCc2c(C)ncnc2C1. The van der Waals surface area contributed by atoms with Crippen molar-refractivity contribution in [1.82, 2.24) is 9.97 Å². The van der Waals surface area contributed by atoms with E-state index in [1.807, 2.05) is 0 Å². The number of allylic oxidation sites excluding steroid dienone is 1. The highest BCUT2D eigenvalue weighted by molar-refractivity contribution is 5.25. The molecular formula is C12H16N2. The van der Waals surface area contributed by atoms with Gasteiger partial charge in [0.2, 0.25) is 0 Å². The molecule has 0 aliphatic heterocycles. The molecule has 1 aliphatic rings. The molecule has 1 heterocycles. The van der Waals surface area contributed by atoms with E-state index in [-0.39, 0.29) is 0 Å². The topological polar surface area (TPSA) is 25.8 Å². The molecule has 0 amide bonds. The van der Waals surface area contributed by atoms with Gasteiger partial charge in [0.25, 0.3) is 0 Å². The van der Waals surface area contributed by atoms with Crippen molar-refractivity contribution in [2.24, 2.45) is 5.92 Å². The Hall–Kier alpha value is -1.18. The molecule has 74 valence electrons. The number of aryl methyl sites for hydroxylation is 1. The second-order valence-electron chi connectivity index (χ2n) is 3.98. The van der Waals surface area contributed by atoms with Gasteiger partial charge in [0.1, 0.15) is 6.33 Å². The molecule has 2 rings (SSSR count). The normalized spacial score (nSPS) is 21.1. The molecule has 0 aromatic carbocycles. The lowest BCUT2D eigenvalue weighted by Crippen LogP contribution is -2.03. The third kappa shape index (κ3) is 1.69. The summed E-state index contributed by atoms with van der Waals surface area (Å²) in [4.78, 5) is 8.63. The Morgan fingerprint density at radius 1 is 1.50 bits per heavy atom. The Kier molecular flexibility index (Phi) is 2.62. The van der Waals surface area contributed by atoms with E-state index in [2.05, 4.69) is 29.5 Å². The Morgan fingerprint density at radius 2 is 2.36 bits per heavy atom. The van der Waals surface area contributed by atoms with Crippen LogP contribution in [0.15, 0.2) is 19.0 Å². The summed E-state index contributed by atoms with van der Waals surface area (Å²) in [6.07, 6.45) is 8.39. The lowest BCUT2D eigenvalue weighted by Gasteiger charge is -2.08. The Bertz CT molecular complexity index is 344. The smallest absolute Gasteiger partial charge is 0.115 e. The quantitative estimate of drug-likeness (QED) is 0.500. The molecule has 0 fully saturated rings. The lowest BCUT2D eigenvalue weighted by molar-refractivity contribution is 0.578. The van der Waals surface area contributed by atoms with E-state index in [1.165, 1.54) is 24.1 Å². The fourth-order valence-electron chi connectivity index (χ4n) is 2.14. The summed E-state index contributed by atoms with van der Waals surface area (Å²) in [5.74, 6) is 0.602. The van der Waals surface area contributed by atoms with E-state index in [0.717, 1.165) is 18.5 Å². The Labute approximate surface area is 85.1 Å². The second-order valence-corrected chi connectivity index (χ2v) is 3.98. The van der Waals surface area contributed by atoms with Gasteiger partial charge >= 0.3 is 0 Å². The number of fused-ring (bicyclic) bond motifs is 1. The first-order chi connectivity index (χ1) is 6.81. The van der Waals surface area contributed by atoms with Crippen LogP contribution in [0.3, 0.4) is 0 Å². The highest BCUT2D eigenvalue weighted by Gasteiger charge is 2.16. The third-order valence-corrected chi connectivity index (χ3v) is 3.04. The summed E-state index contributed by atoms with van der Waals surface area (Å²) in [6, 6.07) is 0. The van der Waals surface area contributed by atoms with Gasteiger partial charge in [0.05, 0.1) is 0 Å². The minimum atomic E-state index is 0.602. The number of nitrogens with zero attached hydrogens (tertiary/aromatic N) is 2. The number of rotatable bonds is 1. The third-order valence-electron chi connectivity index (χ3n) is 3.04. The molecular weight excluding hydrogens is 172 g/mol. The van der Waals surface area contributed by atoms with Gasteiger partial charge in [-0.1, -0.05) is 6.08 Å². The lowest BCUT2D eigenvalue weighted by atomic mass is 10.0. The van der Waals surface area contributed by atoms with Gasteiger partial charge in [0, 0.05) is 11.4 Å². The molecule has 0 radical (unpaired) electrons. The predicted molar refractivity (Wildman–Crippen MR) is 57.1 cm³/mol. The van der Waals surface area contributed by atoms with Crippen LogP contribution in [-0.2, 0) is 12.8 Å². The highest BCUT2D eigenvalue weighted by atomic mass is 14.8. The average molecular weight is 188 g/mol. The summed E-state index contributed by atoms with van der Waals surface area (Å²) >= 11 is 0. The number of hydrogen-bond donors (Lipinski definition) is 0. The maximum Gasteiger partial charge on any atom is 0.115 e. The van der Waals surface area contributed by atoms with Gasteiger partial charge < -0.3 is 0 Å². The standard InChI is InChI=1S/C12H16N2/c1-3-10-5-4-6-11-9(2)13-8-14-12(11)7-10/h3,8,10H,1,4-7H2,2H3/t10-/m0/s1. The van der Waals surface area contributed by atoms with Crippen molar-refractivity contribution >= 4 is 0 Å². The molecule has 0 N–H and O–H groups in total. The second kappa shape index (κ2) is 3.91. The summed E-state index contributed by atoms with van der Waals surface area (Å²) in [6.45, 7) is 5.96. The molecule has 0 bridgehead atoms. The van der Waals surface area contributed by atoms with E-state index in [9.17, 15) is 0 Å². The van der Waals surface area contributed by atoms with Crippen LogP contribution in [-0.4, -0.2) is 9.97 Å². The minimum absolute atomic E-state index is 0.602. The molecule has 1 aromatic rings. The van der Waals surface area contributed by atoms with Crippen molar-refractivity contribution in [2.75, 3.05) is 0 Å². The predicted octanol–water partition coefficient (Wildman–Crippen LogP) is 2.47. The molecule has 0 unspecified atom stereocenters. The van der Waals surface area contributed by atoms with Crippen molar-refractivity contribution < 1.29 is 0 Å². The van der Waals surface area contributed by atoms with Crippen molar-refractivity contribution in [3.8, 4) is 0 Å². The first-order valence-corrected chi connectivity index (χ1v) is 5.23. The van der Waals surface area contributed by atoms with Gasteiger partial charge in [0.15, 0.2) is 0 Å². The van der Waals surface area contributed by atoms with Crippen LogP contribution in [0.2, 0.25) is 0 Å². The maximum absolute atomic E-state index is 4.38. The van der Waals surface area contributed by atoms with E-state index in [1.54, 1.807) is 6.33 Å². The van der Waals surface area contributed by atoms with Crippen LogP contribution >= 0.6 is 0 Å². The van der Waals surface area contributed by atoms with E-state index < -0.39 is 0 Å². The molecule has 1 atom stereocenters. The fourth-order valence-corrected chi connectivity index (χ4v) is 2.14. The number of hydrogen-bond acceptors (Lipinski definition) is 2. The minimum Gasteiger partial charge on any atom is -0.241 e. The monoisotopic (exact) mass is 188 g/mol. The van der Waals surface area contributed by atoms with Gasteiger partial charge in [-0.05, 0) is 44.1 Å². The first-order valence-electron chi connectivity index (χ1n) is 5.23. The largest absolute Gasteiger partial charge is 0.241 e. The molecule has 2 heteroatoms. The van der Waals surface area contributed by atoms with Crippen LogP contribution in [0.4, 0.5) is 0 Å². The fraction of sp³-hybridized carbons (Fsp3) is 0.500. The van der Waals surface area contributed by atoms with Gasteiger partial charge in [-0.15, -0.1) is 6.58 Å². The van der Waals surface area contributed by atoms with Crippen LogP contribution < -0.4 is 0 Å². The van der Waals surface area contributed by atoms with Gasteiger partial charge in [-0.25, -0.2) is 9.97 Å². The zero-order valence-electron chi connectivity index (χ0n) is 8.66. The molecule has 1 aromatic heterocycles. The van der Waals surface area contributed by atoms with Crippen molar-refractivity contribution in [3.05, 3.63) is 35.9 Å². The molecule has 0 spiro atoms. The highest BCUT2D eigenvalue weighted by Crippen LogP contribution is 2.24.